The van der Waals surface area contributed by atoms with E-state index >= 15 is 0 Å². The Labute approximate surface area is 341 Å². The topological polar surface area (TPSA) is 180 Å². The second kappa shape index (κ2) is 15.1. The van der Waals surface area contributed by atoms with E-state index in [4.69, 9.17) is 9.51 Å². The first kappa shape index (κ1) is 38.7. The highest BCUT2D eigenvalue weighted by atomic mass is 19.2. The molecule has 5 aromatic rings. The second-order valence-electron chi connectivity index (χ2n) is 15.7. The molecule has 0 spiro atoms. The number of likely N-dealkylation sites (tertiary alicyclic amines) is 1. The van der Waals surface area contributed by atoms with E-state index in [1.54, 1.807) is 11.0 Å². The number of rotatable bonds is 8. The monoisotopic (exact) mass is 818 g/mol. The molecule has 2 N–H and O–H groups in total. The molecule has 3 fully saturated rings. The predicted octanol–water partition coefficient (Wildman–Crippen LogP) is 5.52. The average Bonchev–Trinajstić information content (AvgIpc) is 3.87. The number of halogens is 2. The summed E-state index contributed by atoms with van der Waals surface area (Å²) in [6.45, 7) is 4.45. The third-order valence-electron chi connectivity index (χ3n) is 12.0. The van der Waals surface area contributed by atoms with Gasteiger partial charge in [-0.3, -0.25) is 39.0 Å². The standard InChI is InChI=1S/C43H40F2N8O7/c1-22-39(23(2)60-49-22)24-6-11-33-32(18-24)47-40(34-4-3-5-37(55)51(34)27-8-10-30(44)31(45)20-27)52(33)26-14-16-50(17-15-26)38(56)21-46-25-7-9-28-29(19-25)43(59)53(42(28)58)35-12-13-36(54)48-41(35)57/h6-11,18-20,26,34-35,46H,3-5,12-17,21H2,1-2H3,(H,48,54,57)/t34-,35?/m0/s1. The highest BCUT2D eigenvalue weighted by Gasteiger charge is 2.45. The van der Waals surface area contributed by atoms with Crippen LogP contribution in [-0.4, -0.2) is 85.6 Å². The Morgan fingerprint density at radius 1 is 0.850 bits per heavy atom. The normalized spacial score (nSPS) is 20.0. The number of carbonyl (C=O) groups excluding carboxylic acids is 6. The lowest BCUT2D eigenvalue weighted by molar-refractivity contribution is -0.136. The number of nitrogens with zero attached hydrogens (tertiary/aromatic N) is 6. The van der Waals surface area contributed by atoms with Crippen LogP contribution in [0.3, 0.4) is 0 Å². The lowest BCUT2D eigenvalue weighted by atomic mass is 9.98. The van der Waals surface area contributed by atoms with E-state index in [9.17, 15) is 37.5 Å². The molecular weight excluding hydrogens is 779 g/mol. The number of amides is 6. The van der Waals surface area contributed by atoms with Gasteiger partial charge in [-0.25, -0.2) is 13.8 Å². The van der Waals surface area contributed by atoms with E-state index in [2.05, 4.69) is 20.4 Å². The first-order valence-electron chi connectivity index (χ1n) is 20.0. The van der Waals surface area contributed by atoms with Crippen molar-refractivity contribution in [3.05, 3.63) is 94.6 Å². The molecule has 0 saturated carbocycles. The van der Waals surface area contributed by atoms with Crippen LogP contribution in [0.25, 0.3) is 22.2 Å². The minimum atomic E-state index is -1.08. The lowest BCUT2D eigenvalue weighted by Gasteiger charge is -2.38. The highest BCUT2D eigenvalue weighted by molar-refractivity contribution is 6.23. The maximum absolute atomic E-state index is 14.6. The summed E-state index contributed by atoms with van der Waals surface area (Å²) < 4.78 is 36.2. The number of benzene rings is 3. The Kier molecular flexibility index (Phi) is 9.75. The van der Waals surface area contributed by atoms with Crippen molar-refractivity contribution in [1.82, 2.24) is 29.8 Å². The van der Waals surface area contributed by atoms with Gasteiger partial charge in [-0.15, -0.1) is 0 Å². The SMILES string of the molecule is Cc1noc(C)c1-c1ccc2c(c1)nc([C@@H]1CCCC(=O)N1c1ccc(F)c(F)c1)n2C1CCN(C(=O)CNc2ccc3c(c2)C(=O)N(C2CCC(=O)NC2=O)C3=O)CC1. The van der Waals surface area contributed by atoms with Gasteiger partial charge in [-0.1, -0.05) is 11.2 Å². The number of fused-ring (bicyclic) bond motifs is 2. The summed E-state index contributed by atoms with van der Waals surface area (Å²) in [5.41, 5.74) is 4.91. The molecule has 4 aliphatic heterocycles. The summed E-state index contributed by atoms with van der Waals surface area (Å²) >= 11 is 0. The number of piperidine rings is 3. The first-order chi connectivity index (χ1) is 28.9. The van der Waals surface area contributed by atoms with Crippen molar-refractivity contribution < 1.29 is 42.1 Å². The number of hydrogen-bond acceptors (Lipinski definition) is 10. The summed E-state index contributed by atoms with van der Waals surface area (Å²) in [7, 11) is 0. The lowest BCUT2D eigenvalue weighted by Crippen LogP contribution is -2.54. The summed E-state index contributed by atoms with van der Waals surface area (Å²) in [6, 6.07) is 12.2. The molecule has 15 nitrogen and oxygen atoms in total. The minimum absolute atomic E-state index is 0.0151. The molecule has 17 heteroatoms. The van der Waals surface area contributed by atoms with Crippen LogP contribution in [0, 0.1) is 25.5 Å². The van der Waals surface area contributed by atoms with E-state index in [1.807, 2.05) is 32.0 Å². The van der Waals surface area contributed by atoms with Gasteiger partial charge < -0.3 is 24.2 Å². The van der Waals surface area contributed by atoms with Crippen molar-refractivity contribution in [2.45, 2.75) is 76.9 Å². The molecule has 9 rings (SSSR count). The van der Waals surface area contributed by atoms with Gasteiger partial charge in [0, 0.05) is 55.0 Å². The molecular formula is C43H40F2N8O7. The fourth-order valence-electron chi connectivity index (χ4n) is 9.10. The Morgan fingerprint density at radius 2 is 1.63 bits per heavy atom. The van der Waals surface area contributed by atoms with Gasteiger partial charge >= 0.3 is 0 Å². The van der Waals surface area contributed by atoms with Crippen LogP contribution in [0.1, 0.15) is 95.0 Å². The summed E-state index contributed by atoms with van der Waals surface area (Å²) in [5.74, 6) is -3.57. The van der Waals surface area contributed by atoms with Gasteiger partial charge in [-0.2, -0.15) is 0 Å². The molecule has 60 heavy (non-hydrogen) atoms. The van der Waals surface area contributed by atoms with Crippen LogP contribution in [0.4, 0.5) is 20.2 Å². The van der Waals surface area contributed by atoms with E-state index in [0.29, 0.717) is 61.6 Å². The third-order valence-corrected chi connectivity index (χ3v) is 12.0. The van der Waals surface area contributed by atoms with Gasteiger partial charge in [-0.05, 0) is 94.0 Å². The third kappa shape index (κ3) is 6.66. The molecule has 3 aromatic carbocycles. The molecule has 2 atom stereocenters. The molecule has 308 valence electrons. The quantitative estimate of drug-likeness (QED) is 0.189. The van der Waals surface area contributed by atoms with Gasteiger partial charge in [0.15, 0.2) is 11.6 Å². The van der Waals surface area contributed by atoms with Crippen LogP contribution in [0.5, 0.6) is 0 Å². The van der Waals surface area contributed by atoms with Crippen molar-refractivity contribution in [2.24, 2.45) is 0 Å². The number of aromatic nitrogens is 3. The number of aryl methyl sites for hydroxylation is 2. The Hall–Kier alpha value is -6.78. The molecule has 6 heterocycles. The molecule has 2 aromatic heterocycles. The maximum Gasteiger partial charge on any atom is 0.262 e. The van der Waals surface area contributed by atoms with Crippen LogP contribution in [-0.2, 0) is 19.2 Å². The van der Waals surface area contributed by atoms with E-state index < -0.39 is 47.3 Å². The molecule has 0 aliphatic carbocycles. The largest absolute Gasteiger partial charge is 0.376 e. The Bertz CT molecular complexity index is 2630. The van der Waals surface area contributed by atoms with E-state index in [1.165, 1.54) is 23.1 Å². The van der Waals surface area contributed by atoms with Crippen molar-refractivity contribution in [1.29, 1.82) is 0 Å². The zero-order valence-corrected chi connectivity index (χ0v) is 32.8. The van der Waals surface area contributed by atoms with Crippen molar-refractivity contribution in [3.63, 3.8) is 0 Å². The smallest absolute Gasteiger partial charge is 0.262 e. The molecule has 0 radical (unpaired) electrons. The van der Waals surface area contributed by atoms with Crippen molar-refractivity contribution in [2.75, 3.05) is 29.9 Å². The second-order valence-corrected chi connectivity index (χ2v) is 15.7. The van der Waals surface area contributed by atoms with Gasteiger partial charge in [0.2, 0.25) is 23.6 Å². The van der Waals surface area contributed by atoms with Gasteiger partial charge in [0.25, 0.3) is 11.8 Å². The fourth-order valence-corrected chi connectivity index (χ4v) is 9.10. The molecule has 1 unspecified atom stereocenters. The number of carbonyl (C=O) groups is 6. The number of imidazole rings is 1. The van der Waals surface area contributed by atoms with Gasteiger partial charge in [0.05, 0.1) is 40.4 Å². The van der Waals surface area contributed by atoms with E-state index in [-0.39, 0.29) is 60.5 Å². The van der Waals surface area contributed by atoms with Gasteiger partial charge in [0.1, 0.15) is 17.6 Å². The number of hydrogen-bond donors (Lipinski definition) is 2. The maximum atomic E-state index is 14.6. The number of imide groups is 2. The fraction of sp³-hybridized carbons (Fsp3) is 0.349. The summed E-state index contributed by atoms with van der Waals surface area (Å²) in [6.07, 6.45) is 2.57. The zero-order chi connectivity index (χ0) is 42.0. The van der Waals surface area contributed by atoms with Crippen LogP contribution < -0.4 is 15.5 Å². The highest BCUT2D eigenvalue weighted by Crippen LogP contribution is 2.41. The molecule has 0 bridgehead atoms. The Balaban J connectivity index is 0.943. The van der Waals surface area contributed by atoms with Crippen LogP contribution in [0.2, 0.25) is 0 Å². The Morgan fingerprint density at radius 3 is 2.37 bits per heavy atom. The zero-order valence-electron chi connectivity index (χ0n) is 32.8. The van der Waals surface area contributed by atoms with Crippen LogP contribution in [0.15, 0.2) is 59.1 Å². The summed E-state index contributed by atoms with van der Waals surface area (Å²) in [4.78, 5) is 87.0. The molecule has 6 amide bonds. The van der Waals surface area contributed by atoms with E-state index in [0.717, 1.165) is 39.4 Å². The number of anilines is 2. The molecule has 4 aliphatic rings. The first-order valence-corrected chi connectivity index (χ1v) is 20.0. The summed E-state index contributed by atoms with van der Waals surface area (Å²) in [5, 5.41) is 9.38. The predicted molar refractivity (Wildman–Crippen MR) is 212 cm³/mol. The van der Waals surface area contributed by atoms with Crippen molar-refractivity contribution in [3.8, 4) is 11.1 Å². The average molecular weight is 819 g/mol. The minimum Gasteiger partial charge on any atom is -0.376 e. The number of nitrogens with one attached hydrogen (secondary N) is 2. The van der Waals surface area contributed by atoms with Crippen molar-refractivity contribution >= 4 is 57.9 Å². The van der Waals surface area contributed by atoms with Crippen LogP contribution >= 0.6 is 0 Å². The molecule has 3 saturated heterocycles.